The van der Waals surface area contributed by atoms with Gasteiger partial charge in [-0.2, -0.15) is 5.10 Å². The number of aromatic nitrogens is 3. The summed E-state index contributed by atoms with van der Waals surface area (Å²) in [6.07, 6.45) is 11.8. The summed E-state index contributed by atoms with van der Waals surface area (Å²) in [6.45, 7) is 0. The van der Waals surface area contributed by atoms with Crippen LogP contribution in [0.25, 0.3) is 27.9 Å². The number of nitrogens with one attached hydrogen (secondary N) is 2. The van der Waals surface area contributed by atoms with Crippen LogP contribution < -0.4 is 10.6 Å². The molecule has 0 aliphatic heterocycles. The molecule has 4 aromatic rings. The average Bonchev–Trinajstić information content (AvgIpc) is 3.62. The Balaban J connectivity index is 1.43. The third kappa shape index (κ3) is 4.13. The molecule has 6 heteroatoms. The molecule has 2 saturated carbocycles. The summed E-state index contributed by atoms with van der Waals surface area (Å²) >= 11 is 0. The lowest BCUT2D eigenvalue weighted by Gasteiger charge is -2.14. The lowest BCUT2D eigenvalue weighted by atomic mass is 10.0. The quantitative estimate of drug-likeness (QED) is 0.332. The maximum absolute atomic E-state index is 13.7. The van der Waals surface area contributed by atoms with Crippen molar-refractivity contribution in [1.82, 2.24) is 14.6 Å². The molecule has 34 heavy (non-hydrogen) atoms. The molecule has 3 aromatic heterocycles. The lowest BCUT2D eigenvalue weighted by Crippen LogP contribution is -2.16. The van der Waals surface area contributed by atoms with Gasteiger partial charge in [0.25, 0.3) is 0 Å². The van der Waals surface area contributed by atoms with E-state index in [1.54, 1.807) is 12.1 Å². The SMILES string of the molecule is Fc1ccc(-c2nn3c(NC4CCCC4)cccc3c2-c2ccc(NC3CCCC3)nc2)cc1. The van der Waals surface area contributed by atoms with Crippen molar-refractivity contribution in [2.24, 2.45) is 0 Å². The van der Waals surface area contributed by atoms with Gasteiger partial charge in [-0.3, -0.25) is 0 Å². The van der Waals surface area contributed by atoms with E-state index in [-0.39, 0.29) is 5.82 Å². The normalized spacial score (nSPS) is 17.0. The molecule has 0 bridgehead atoms. The fourth-order valence-corrected chi connectivity index (χ4v) is 5.46. The molecule has 0 atom stereocenters. The Labute approximate surface area is 199 Å². The van der Waals surface area contributed by atoms with Gasteiger partial charge in [0.1, 0.15) is 23.1 Å². The topological polar surface area (TPSA) is 54.2 Å². The number of fused-ring (bicyclic) bond motifs is 1. The highest BCUT2D eigenvalue weighted by Crippen LogP contribution is 2.37. The minimum absolute atomic E-state index is 0.248. The fourth-order valence-electron chi connectivity index (χ4n) is 5.46. The molecule has 6 rings (SSSR count). The van der Waals surface area contributed by atoms with Crippen molar-refractivity contribution in [2.45, 2.75) is 63.5 Å². The highest BCUT2D eigenvalue weighted by Gasteiger charge is 2.21. The maximum Gasteiger partial charge on any atom is 0.128 e. The molecule has 5 nitrogen and oxygen atoms in total. The van der Waals surface area contributed by atoms with E-state index in [2.05, 4.69) is 41.0 Å². The molecule has 3 heterocycles. The van der Waals surface area contributed by atoms with E-state index in [0.717, 1.165) is 39.5 Å². The summed E-state index contributed by atoms with van der Waals surface area (Å²) in [5.41, 5.74) is 4.76. The highest BCUT2D eigenvalue weighted by molar-refractivity contribution is 5.92. The van der Waals surface area contributed by atoms with Crippen molar-refractivity contribution >= 4 is 17.2 Å². The van der Waals surface area contributed by atoms with Crippen molar-refractivity contribution < 1.29 is 4.39 Å². The van der Waals surface area contributed by atoms with Crippen LogP contribution in [0.1, 0.15) is 51.4 Å². The monoisotopic (exact) mass is 455 g/mol. The maximum atomic E-state index is 13.7. The summed E-state index contributed by atoms with van der Waals surface area (Å²) in [5, 5.41) is 12.3. The van der Waals surface area contributed by atoms with Gasteiger partial charge in [-0.15, -0.1) is 0 Å². The average molecular weight is 456 g/mol. The molecule has 174 valence electrons. The second-order valence-electron chi connectivity index (χ2n) is 9.62. The number of hydrogen-bond acceptors (Lipinski definition) is 4. The van der Waals surface area contributed by atoms with Gasteiger partial charge in [-0.25, -0.2) is 13.9 Å². The van der Waals surface area contributed by atoms with Crippen LogP contribution in [0.2, 0.25) is 0 Å². The zero-order chi connectivity index (χ0) is 22.9. The van der Waals surface area contributed by atoms with Crippen molar-refractivity contribution in [3.63, 3.8) is 0 Å². The van der Waals surface area contributed by atoms with Crippen molar-refractivity contribution in [1.29, 1.82) is 0 Å². The van der Waals surface area contributed by atoms with Crippen LogP contribution in [0.5, 0.6) is 0 Å². The number of benzene rings is 1. The summed E-state index contributed by atoms with van der Waals surface area (Å²) < 4.78 is 15.7. The van der Waals surface area contributed by atoms with Gasteiger partial charge in [0.2, 0.25) is 0 Å². The van der Waals surface area contributed by atoms with Crippen molar-refractivity contribution in [2.75, 3.05) is 10.6 Å². The molecule has 0 amide bonds. The van der Waals surface area contributed by atoms with Gasteiger partial charge >= 0.3 is 0 Å². The predicted octanol–water partition coefficient (Wildman–Crippen LogP) is 6.91. The minimum atomic E-state index is -0.248. The van der Waals surface area contributed by atoms with E-state index >= 15 is 0 Å². The van der Waals surface area contributed by atoms with E-state index in [0.29, 0.717) is 12.1 Å². The first-order valence-corrected chi connectivity index (χ1v) is 12.5. The Morgan fingerprint density at radius 2 is 1.44 bits per heavy atom. The molecular formula is C28H30FN5. The van der Waals surface area contributed by atoms with E-state index in [4.69, 9.17) is 10.1 Å². The minimum Gasteiger partial charge on any atom is -0.367 e. The van der Waals surface area contributed by atoms with Gasteiger partial charge in [0, 0.05) is 35.0 Å². The van der Waals surface area contributed by atoms with Crippen molar-refractivity contribution in [3.05, 3.63) is 66.6 Å². The number of halogens is 1. The van der Waals surface area contributed by atoms with Crippen LogP contribution in [0, 0.1) is 5.82 Å². The van der Waals surface area contributed by atoms with Crippen LogP contribution >= 0.6 is 0 Å². The van der Waals surface area contributed by atoms with Gasteiger partial charge in [0.15, 0.2) is 0 Å². The molecule has 2 aliphatic rings. The summed E-state index contributed by atoms with van der Waals surface area (Å²) in [6, 6.07) is 18.0. The van der Waals surface area contributed by atoms with Gasteiger partial charge < -0.3 is 10.6 Å². The molecule has 2 N–H and O–H groups in total. The van der Waals surface area contributed by atoms with E-state index < -0.39 is 0 Å². The Kier molecular flexibility index (Phi) is 5.65. The molecule has 0 saturated heterocycles. The molecular weight excluding hydrogens is 425 g/mol. The zero-order valence-electron chi connectivity index (χ0n) is 19.3. The third-order valence-electron chi connectivity index (χ3n) is 7.24. The first-order valence-electron chi connectivity index (χ1n) is 12.5. The number of anilines is 2. The molecule has 0 radical (unpaired) electrons. The first-order chi connectivity index (χ1) is 16.7. The van der Waals surface area contributed by atoms with Gasteiger partial charge in [-0.05, 0) is 74.2 Å². The van der Waals surface area contributed by atoms with Crippen LogP contribution in [0.4, 0.5) is 16.0 Å². The Bertz CT molecular complexity index is 1270. The Morgan fingerprint density at radius 3 is 2.12 bits per heavy atom. The van der Waals surface area contributed by atoms with Gasteiger partial charge in [0.05, 0.1) is 5.52 Å². The van der Waals surface area contributed by atoms with E-state index in [1.807, 2.05) is 10.7 Å². The Hall–Kier alpha value is -3.41. The van der Waals surface area contributed by atoms with E-state index in [9.17, 15) is 4.39 Å². The van der Waals surface area contributed by atoms with Gasteiger partial charge in [-0.1, -0.05) is 31.7 Å². The van der Waals surface area contributed by atoms with Crippen LogP contribution in [-0.4, -0.2) is 26.7 Å². The summed E-state index contributed by atoms with van der Waals surface area (Å²) in [5.74, 6) is 1.66. The number of rotatable bonds is 6. The second-order valence-corrected chi connectivity index (χ2v) is 9.62. The molecule has 1 aromatic carbocycles. The lowest BCUT2D eigenvalue weighted by molar-refractivity contribution is 0.628. The van der Waals surface area contributed by atoms with Crippen LogP contribution in [0.15, 0.2) is 60.8 Å². The zero-order valence-corrected chi connectivity index (χ0v) is 19.3. The smallest absolute Gasteiger partial charge is 0.128 e. The van der Waals surface area contributed by atoms with Crippen LogP contribution in [-0.2, 0) is 0 Å². The predicted molar refractivity (Wildman–Crippen MR) is 136 cm³/mol. The summed E-state index contributed by atoms with van der Waals surface area (Å²) in [4.78, 5) is 4.74. The van der Waals surface area contributed by atoms with E-state index in [1.165, 1.54) is 63.5 Å². The third-order valence-corrected chi connectivity index (χ3v) is 7.24. The summed E-state index contributed by atoms with van der Waals surface area (Å²) in [7, 11) is 0. The standard InChI is InChI=1S/C28H30FN5/c29-21-15-12-19(13-16-21)28-27(20-14-17-25(30-18-20)31-22-6-1-2-7-22)24-10-5-11-26(34(24)33-28)32-23-8-3-4-9-23/h5,10-18,22-23,32H,1-4,6-9H2,(H,30,31). The van der Waals surface area contributed by atoms with Crippen LogP contribution in [0.3, 0.4) is 0 Å². The largest absolute Gasteiger partial charge is 0.367 e. The molecule has 0 unspecified atom stereocenters. The number of nitrogens with zero attached hydrogens (tertiary/aromatic N) is 3. The number of pyridine rings is 2. The molecule has 0 spiro atoms. The Morgan fingerprint density at radius 1 is 0.765 bits per heavy atom. The number of hydrogen-bond donors (Lipinski definition) is 2. The fraction of sp³-hybridized carbons (Fsp3) is 0.357. The van der Waals surface area contributed by atoms with Crippen molar-refractivity contribution in [3.8, 4) is 22.4 Å². The molecule has 2 fully saturated rings. The molecule has 2 aliphatic carbocycles. The first kappa shape index (κ1) is 21.1. The second kappa shape index (κ2) is 9.09. The highest BCUT2D eigenvalue weighted by atomic mass is 19.1.